The Labute approximate surface area is 210 Å². The van der Waals surface area contributed by atoms with E-state index in [-0.39, 0.29) is 24.5 Å². The Morgan fingerprint density at radius 1 is 1.08 bits per heavy atom. The zero-order valence-corrected chi connectivity index (χ0v) is 20.4. The third kappa shape index (κ3) is 7.50. The molecule has 0 spiro atoms. The van der Waals surface area contributed by atoms with Crippen LogP contribution in [0.3, 0.4) is 0 Å². The Morgan fingerprint density at radius 2 is 1.86 bits per heavy atom. The van der Waals surface area contributed by atoms with E-state index in [9.17, 15) is 14.9 Å². The predicted molar refractivity (Wildman–Crippen MR) is 133 cm³/mol. The second kappa shape index (κ2) is 12.8. The zero-order valence-electron chi connectivity index (χ0n) is 20.4. The van der Waals surface area contributed by atoms with Crippen LogP contribution in [0.1, 0.15) is 43.6 Å². The summed E-state index contributed by atoms with van der Waals surface area (Å²) in [5, 5.41) is 12.1. The number of rotatable bonds is 11. The predicted octanol–water partition coefficient (Wildman–Crippen LogP) is 5.01. The van der Waals surface area contributed by atoms with Crippen LogP contribution in [0.5, 0.6) is 17.2 Å². The van der Waals surface area contributed by atoms with Gasteiger partial charge in [0.2, 0.25) is 0 Å². The summed E-state index contributed by atoms with van der Waals surface area (Å²) in [5.41, 5.74) is 1.62. The van der Waals surface area contributed by atoms with Crippen molar-refractivity contribution in [3.63, 3.8) is 0 Å². The summed E-state index contributed by atoms with van der Waals surface area (Å²) in [6.45, 7) is 6.20. The van der Waals surface area contributed by atoms with Gasteiger partial charge in [0.1, 0.15) is 23.2 Å². The van der Waals surface area contributed by atoms with Crippen molar-refractivity contribution in [2.45, 2.75) is 33.2 Å². The number of carbonyl (C=O) groups is 2. The normalized spacial score (nSPS) is 11.0. The minimum Gasteiger partial charge on any atom is -0.490 e. The van der Waals surface area contributed by atoms with Gasteiger partial charge in [0.15, 0.2) is 18.1 Å². The molecule has 36 heavy (non-hydrogen) atoms. The molecular weight excluding hydrogens is 460 g/mol. The Hall–Kier alpha value is -4.51. The summed E-state index contributed by atoms with van der Waals surface area (Å²) in [5.74, 6) is 0.910. The highest BCUT2D eigenvalue weighted by Gasteiger charge is 2.14. The van der Waals surface area contributed by atoms with E-state index in [4.69, 9.17) is 18.6 Å². The van der Waals surface area contributed by atoms with Crippen LogP contribution in [0, 0.1) is 11.3 Å². The Balaban J connectivity index is 1.64. The first-order chi connectivity index (χ1) is 17.4. The highest BCUT2D eigenvalue weighted by atomic mass is 16.6. The molecule has 0 bridgehead atoms. The molecule has 8 heteroatoms. The van der Waals surface area contributed by atoms with Gasteiger partial charge in [0, 0.05) is 0 Å². The average molecular weight is 489 g/mol. The van der Waals surface area contributed by atoms with Gasteiger partial charge in [-0.1, -0.05) is 32.0 Å². The third-order valence-corrected chi connectivity index (χ3v) is 5.07. The molecule has 2 aromatic carbocycles. The van der Waals surface area contributed by atoms with Crippen LogP contribution in [0.4, 0.5) is 0 Å². The number of ether oxygens (including phenoxy) is 3. The highest BCUT2D eigenvalue weighted by molar-refractivity contribution is 6.01. The summed E-state index contributed by atoms with van der Waals surface area (Å²) in [6.07, 6.45) is 2.93. The van der Waals surface area contributed by atoms with E-state index in [1.807, 2.05) is 30.3 Å². The van der Waals surface area contributed by atoms with E-state index < -0.39 is 11.9 Å². The first kappa shape index (κ1) is 26.1. The number of benzene rings is 2. The number of nitriles is 1. The number of amides is 1. The largest absolute Gasteiger partial charge is 0.490 e. The molecule has 0 aliphatic heterocycles. The molecule has 0 unspecified atom stereocenters. The minimum absolute atomic E-state index is 0.0920. The summed E-state index contributed by atoms with van der Waals surface area (Å²) in [4.78, 5) is 24.7. The highest BCUT2D eigenvalue weighted by Crippen LogP contribution is 2.30. The van der Waals surface area contributed by atoms with Gasteiger partial charge in [0.25, 0.3) is 5.91 Å². The van der Waals surface area contributed by atoms with E-state index in [1.54, 1.807) is 37.3 Å². The number of hydrogen-bond acceptors (Lipinski definition) is 7. The average Bonchev–Trinajstić information content (AvgIpc) is 3.40. The number of esters is 1. The van der Waals surface area contributed by atoms with Gasteiger partial charge < -0.3 is 23.9 Å². The maximum Gasteiger partial charge on any atom is 0.349 e. The molecular formula is C28H28N2O6. The van der Waals surface area contributed by atoms with E-state index in [0.717, 1.165) is 0 Å². The van der Waals surface area contributed by atoms with Crippen molar-refractivity contribution in [1.82, 2.24) is 5.32 Å². The van der Waals surface area contributed by atoms with Gasteiger partial charge in [-0.25, -0.2) is 4.79 Å². The van der Waals surface area contributed by atoms with Crippen molar-refractivity contribution >= 4 is 18.0 Å². The molecule has 0 saturated carbocycles. The summed E-state index contributed by atoms with van der Waals surface area (Å²) in [6, 6.07) is 17.6. The van der Waals surface area contributed by atoms with Gasteiger partial charge in [0.05, 0.1) is 19.4 Å². The lowest BCUT2D eigenvalue weighted by Gasteiger charge is -2.12. The maximum atomic E-state index is 12.4. The molecule has 3 rings (SSSR count). The molecule has 0 atom stereocenters. The quantitative estimate of drug-likeness (QED) is 0.175. The lowest BCUT2D eigenvalue weighted by molar-refractivity contribution is -0.136. The SMILES string of the molecule is CCOc1cc(/C=C(\C#N)C(=O)NCc2ccco2)ccc1OC(=O)COc1ccc(C(C)C)cc1. The fourth-order valence-electron chi connectivity index (χ4n) is 3.20. The Morgan fingerprint density at radius 3 is 2.50 bits per heavy atom. The second-order valence-corrected chi connectivity index (χ2v) is 8.06. The number of hydrogen-bond donors (Lipinski definition) is 1. The van der Waals surface area contributed by atoms with Gasteiger partial charge in [-0.05, 0) is 66.4 Å². The fraction of sp³-hybridized carbons (Fsp3) is 0.250. The lowest BCUT2D eigenvalue weighted by Crippen LogP contribution is -2.23. The van der Waals surface area contributed by atoms with E-state index >= 15 is 0 Å². The fourth-order valence-corrected chi connectivity index (χ4v) is 3.20. The second-order valence-electron chi connectivity index (χ2n) is 8.06. The van der Waals surface area contributed by atoms with Crippen molar-refractivity contribution < 1.29 is 28.2 Å². The van der Waals surface area contributed by atoms with E-state index in [1.165, 1.54) is 17.9 Å². The number of furan rings is 1. The van der Waals surface area contributed by atoms with Crippen molar-refractivity contribution in [3.05, 3.63) is 83.3 Å². The lowest BCUT2D eigenvalue weighted by atomic mass is 10.0. The van der Waals surface area contributed by atoms with Gasteiger partial charge in [-0.3, -0.25) is 4.79 Å². The molecule has 1 amide bonds. The Bertz CT molecular complexity index is 1240. The van der Waals surface area contributed by atoms with Crippen LogP contribution >= 0.6 is 0 Å². The summed E-state index contributed by atoms with van der Waals surface area (Å²) < 4.78 is 21.7. The van der Waals surface area contributed by atoms with Crippen molar-refractivity contribution in [2.75, 3.05) is 13.2 Å². The topological polar surface area (TPSA) is 111 Å². The molecule has 186 valence electrons. The molecule has 8 nitrogen and oxygen atoms in total. The summed E-state index contributed by atoms with van der Waals surface area (Å²) in [7, 11) is 0. The van der Waals surface area contributed by atoms with Crippen molar-refractivity contribution in [2.24, 2.45) is 0 Å². The maximum absolute atomic E-state index is 12.4. The van der Waals surface area contributed by atoms with E-state index in [2.05, 4.69) is 19.2 Å². The first-order valence-corrected chi connectivity index (χ1v) is 11.5. The van der Waals surface area contributed by atoms with Crippen LogP contribution in [0.15, 0.2) is 70.9 Å². The smallest absolute Gasteiger partial charge is 0.349 e. The summed E-state index contributed by atoms with van der Waals surface area (Å²) >= 11 is 0. The van der Waals surface area contributed by atoms with Crippen molar-refractivity contribution in [1.29, 1.82) is 5.26 Å². The van der Waals surface area contributed by atoms with Gasteiger partial charge in [-0.2, -0.15) is 5.26 Å². The molecule has 0 saturated heterocycles. The zero-order chi connectivity index (χ0) is 25.9. The molecule has 0 aliphatic rings. The molecule has 0 aliphatic carbocycles. The molecule has 1 aromatic heterocycles. The molecule has 0 fully saturated rings. The van der Waals surface area contributed by atoms with Crippen LogP contribution in [0.25, 0.3) is 6.08 Å². The Kier molecular flexibility index (Phi) is 9.29. The molecule has 1 N–H and O–H groups in total. The molecule has 3 aromatic rings. The van der Waals surface area contributed by atoms with Crippen LogP contribution in [-0.2, 0) is 16.1 Å². The van der Waals surface area contributed by atoms with Crippen LogP contribution in [-0.4, -0.2) is 25.1 Å². The number of carbonyl (C=O) groups excluding carboxylic acids is 2. The standard InChI is InChI=1S/C28H28N2O6/c1-4-33-26-15-20(14-22(16-29)28(32)30-17-24-6-5-13-34-24)7-12-25(26)36-27(31)18-35-23-10-8-21(9-11-23)19(2)3/h5-15,19H,4,17-18H2,1-3H3,(H,30,32)/b22-14+. The van der Waals surface area contributed by atoms with Crippen molar-refractivity contribution in [3.8, 4) is 23.3 Å². The first-order valence-electron chi connectivity index (χ1n) is 11.5. The molecule has 1 heterocycles. The van der Waals surface area contributed by atoms with Crippen LogP contribution in [0.2, 0.25) is 0 Å². The van der Waals surface area contributed by atoms with Gasteiger partial charge >= 0.3 is 5.97 Å². The third-order valence-electron chi connectivity index (χ3n) is 5.07. The van der Waals surface area contributed by atoms with E-state index in [0.29, 0.717) is 35.3 Å². The monoisotopic (exact) mass is 488 g/mol. The van der Waals surface area contributed by atoms with Crippen LogP contribution < -0.4 is 19.5 Å². The van der Waals surface area contributed by atoms with Gasteiger partial charge in [-0.15, -0.1) is 0 Å². The number of nitrogens with zero attached hydrogens (tertiary/aromatic N) is 1. The number of nitrogens with one attached hydrogen (secondary N) is 1. The minimum atomic E-state index is -0.595. The molecule has 0 radical (unpaired) electrons.